The number of piperazine rings is 1. The van der Waals surface area contributed by atoms with Crippen molar-refractivity contribution in [3.63, 3.8) is 0 Å². The molecule has 2 heterocycles. The van der Waals surface area contributed by atoms with Crippen molar-refractivity contribution in [2.24, 2.45) is 0 Å². The van der Waals surface area contributed by atoms with Gasteiger partial charge in [0.25, 0.3) is 0 Å². The molecule has 0 spiro atoms. The standard InChI is InChI=1S/C15H20N4/c1-17-8-10-18(11-9-17)12-14-2-4-15(5-3-14)19-7-6-16-13-19/h2-7,13H,8-12H2,1H3. The number of imidazole rings is 1. The van der Waals surface area contributed by atoms with Crippen LogP contribution in [-0.2, 0) is 6.54 Å². The lowest BCUT2D eigenvalue weighted by molar-refractivity contribution is 0.148. The van der Waals surface area contributed by atoms with Crippen LogP contribution in [-0.4, -0.2) is 52.6 Å². The SMILES string of the molecule is CN1CCN(Cc2ccc(-n3ccnc3)cc2)CC1. The summed E-state index contributed by atoms with van der Waals surface area (Å²) in [6.45, 7) is 5.73. The van der Waals surface area contributed by atoms with Gasteiger partial charge in [0.2, 0.25) is 0 Å². The van der Waals surface area contributed by atoms with Crippen LogP contribution in [0.2, 0.25) is 0 Å². The molecule has 0 N–H and O–H groups in total. The van der Waals surface area contributed by atoms with Crippen LogP contribution in [0.25, 0.3) is 5.69 Å². The van der Waals surface area contributed by atoms with Crippen molar-refractivity contribution in [2.45, 2.75) is 6.54 Å². The average Bonchev–Trinajstić information content (AvgIpc) is 2.96. The highest BCUT2D eigenvalue weighted by Gasteiger charge is 2.13. The molecule has 4 heteroatoms. The summed E-state index contributed by atoms with van der Waals surface area (Å²) in [5.74, 6) is 0. The zero-order chi connectivity index (χ0) is 13.1. The van der Waals surface area contributed by atoms with Crippen LogP contribution in [0.4, 0.5) is 0 Å². The van der Waals surface area contributed by atoms with Gasteiger partial charge in [-0.1, -0.05) is 12.1 Å². The maximum Gasteiger partial charge on any atom is 0.0991 e. The third kappa shape index (κ3) is 3.03. The lowest BCUT2D eigenvalue weighted by Crippen LogP contribution is -2.43. The second-order valence-corrected chi connectivity index (χ2v) is 5.22. The lowest BCUT2D eigenvalue weighted by atomic mass is 10.2. The van der Waals surface area contributed by atoms with Crippen LogP contribution in [0.15, 0.2) is 43.0 Å². The molecule has 0 radical (unpaired) electrons. The van der Waals surface area contributed by atoms with E-state index in [4.69, 9.17) is 0 Å². The van der Waals surface area contributed by atoms with E-state index >= 15 is 0 Å². The molecule has 1 saturated heterocycles. The highest BCUT2D eigenvalue weighted by atomic mass is 15.2. The largest absolute Gasteiger partial charge is 0.306 e. The summed E-state index contributed by atoms with van der Waals surface area (Å²) in [7, 11) is 2.19. The van der Waals surface area contributed by atoms with Crippen LogP contribution in [0, 0.1) is 0 Å². The van der Waals surface area contributed by atoms with Gasteiger partial charge in [-0.25, -0.2) is 4.98 Å². The second-order valence-electron chi connectivity index (χ2n) is 5.22. The molecular formula is C15H20N4. The number of nitrogens with zero attached hydrogens (tertiary/aromatic N) is 4. The Balaban J connectivity index is 1.63. The predicted octanol–water partition coefficient (Wildman–Crippen LogP) is 1.62. The fraction of sp³-hybridized carbons (Fsp3) is 0.400. The topological polar surface area (TPSA) is 24.3 Å². The Morgan fingerprint density at radius 1 is 1.05 bits per heavy atom. The van der Waals surface area contributed by atoms with Crippen LogP contribution in [0.1, 0.15) is 5.56 Å². The summed E-state index contributed by atoms with van der Waals surface area (Å²) in [4.78, 5) is 8.98. The van der Waals surface area contributed by atoms with Crippen molar-refractivity contribution >= 4 is 0 Å². The molecule has 1 fully saturated rings. The van der Waals surface area contributed by atoms with Crippen molar-refractivity contribution < 1.29 is 0 Å². The summed E-state index contributed by atoms with van der Waals surface area (Å²) >= 11 is 0. The number of hydrogen-bond donors (Lipinski definition) is 0. The molecule has 19 heavy (non-hydrogen) atoms. The zero-order valence-corrected chi connectivity index (χ0v) is 11.4. The van der Waals surface area contributed by atoms with Gasteiger partial charge < -0.3 is 9.47 Å². The van der Waals surface area contributed by atoms with Gasteiger partial charge in [-0.3, -0.25) is 4.90 Å². The fourth-order valence-corrected chi connectivity index (χ4v) is 2.45. The van der Waals surface area contributed by atoms with E-state index in [1.807, 2.05) is 17.1 Å². The van der Waals surface area contributed by atoms with Gasteiger partial charge in [0.05, 0.1) is 6.33 Å². The van der Waals surface area contributed by atoms with E-state index in [0.29, 0.717) is 0 Å². The van der Waals surface area contributed by atoms with E-state index in [0.717, 1.165) is 6.54 Å². The van der Waals surface area contributed by atoms with E-state index in [2.05, 4.69) is 46.1 Å². The molecule has 2 aromatic rings. The van der Waals surface area contributed by atoms with Crippen LogP contribution in [0.5, 0.6) is 0 Å². The third-order valence-corrected chi connectivity index (χ3v) is 3.74. The van der Waals surface area contributed by atoms with Gasteiger partial charge in [-0.05, 0) is 24.7 Å². The normalized spacial score (nSPS) is 17.7. The maximum absolute atomic E-state index is 4.07. The van der Waals surface area contributed by atoms with E-state index in [9.17, 15) is 0 Å². The fourth-order valence-electron chi connectivity index (χ4n) is 2.45. The Kier molecular flexibility index (Phi) is 3.62. The molecule has 0 unspecified atom stereocenters. The smallest absolute Gasteiger partial charge is 0.0991 e. The van der Waals surface area contributed by atoms with Crippen LogP contribution >= 0.6 is 0 Å². The summed E-state index contributed by atoms with van der Waals surface area (Å²) < 4.78 is 2.03. The predicted molar refractivity (Wildman–Crippen MR) is 76.3 cm³/mol. The van der Waals surface area contributed by atoms with Crippen molar-refractivity contribution in [3.05, 3.63) is 48.5 Å². The molecule has 0 aliphatic carbocycles. The molecule has 0 amide bonds. The van der Waals surface area contributed by atoms with Gasteiger partial charge in [0.1, 0.15) is 0 Å². The first kappa shape index (κ1) is 12.4. The molecule has 1 aliphatic heterocycles. The minimum Gasteiger partial charge on any atom is -0.306 e. The van der Waals surface area contributed by atoms with Crippen molar-refractivity contribution in [3.8, 4) is 5.69 Å². The summed E-state index contributed by atoms with van der Waals surface area (Å²) in [6.07, 6.45) is 5.60. The maximum atomic E-state index is 4.07. The number of aromatic nitrogens is 2. The molecular weight excluding hydrogens is 236 g/mol. The summed E-state index contributed by atoms with van der Waals surface area (Å²) in [5.41, 5.74) is 2.55. The molecule has 1 aromatic carbocycles. The van der Waals surface area contributed by atoms with E-state index in [1.165, 1.54) is 37.4 Å². The molecule has 0 bridgehead atoms. The lowest BCUT2D eigenvalue weighted by Gasteiger charge is -2.32. The van der Waals surface area contributed by atoms with E-state index in [1.54, 1.807) is 6.20 Å². The number of hydrogen-bond acceptors (Lipinski definition) is 3. The summed E-state index contributed by atoms with van der Waals surface area (Å²) in [5, 5.41) is 0. The number of likely N-dealkylation sites (N-methyl/N-ethyl adjacent to an activating group) is 1. The Hall–Kier alpha value is -1.65. The van der Waals surface area contributed by atoms with E-state index < -0.39 is 0 Å². The van der Waals surface area contributed by atoms with Gasteiger partial charge in [0, 0.05) is 50.8 Å². The van der Waals surface area contributed by atoms with Crippen molar-refractivity contribution in [1.82, 2.24) is 19.4 Å². The third-order valence-electron chi connectivity index (χ3n) is 3.74. The molecule has 1 aliphatic rings. The van der Waals surface area contributed by atoms with Gasteiger partial charge in [-0.15, -0.1) is 0 Å². The minimum absolute atomic E-state index is 1.05. The molecule has 3 rings (SSSR count). The van der Waals surface area contributed by atoms with Gasteiger partial charge in [-0.2, -0.15) is 0 Å². The summed E-state index contributed by atoms with van der Waals surface area (Å²) in [6, 6.07) is 8.75. The molecule has 0 saturated carbocycles. The van der Waals surface area contributed by atoms with E-state index in [-0.39, 0.29) is 0 Å². The molecule has 1 aromatic heterocycles. The number of benzene rings is 1. The first-order chi connectivity index (χ1) is 9.31. The van der Waals surface area contributed by atoms with Gasteiger partial charge in [0.15, 0.2) is 0 Å². The highest BCUT2D eigenvalue weighted by molar-refractivity contribution is 5.34. The van der Waals surface area contributed by atoms with Gasteiger partial charge >= 0.3 is 0 Å². The second kappa shape index (κ2) is 5.55. The Bertz CT molecular complexity index is 495. The first-order valence-electron chi connectivity index (χ1n) is 6.79. The molecule has 100 valence electrons. The highest BCUT2D eigenvalue weighted by Crippen LogP contribution is 2.12. The van der Waals surface area contributed by atoms with Crippen LogP contribution < -0.4 is 0 Å². The monoisotopic (exact) mass is 256 g/mol. The minimum atomic E-state index is 1.05. The zero-order valence-electron chi connectivity index (χ0n) is 11.4. The van der Waals surface area contributed by atoms with Crippen molar-refractivity contribution in [1.29, 1.82) is 0 Å². The molecule has 0 atom stereocenters. The number of rotatable bonds is 3. The van der Waals surface area contributed by atoms with Crippen molar-refractivity contribution in [2.75, 3.05) is 33.2 Å². The first-order valence-corrected chi connectivity index (χ1v) is 6.79. The Labute approximate surface area is 114 Å². The Morgan fingerprint density at radius 3 is 2.42 bits per heavy atom. The Morgan fingerprint density at radius 2 is 1.79 bits per heavy atom. The van der Waals surface area contributed by atoms with Crippen LogP contribution in [0.3, 0.4) is 0 Å². The average molecular weight is 256 g/mol. The quantitative estimate of drug-likeness (QED) is 0.834. The molecule has 4 nitrogen and oxygen atoms in total.